The number of benzene rings is 1. The number of urea groups is 1. The third-order valence-corrected chi connectivity index (χ3v) is 5.08. The fourth-order valence-corrected chi connectivity index (χ4v) is 3.50. The van der Waals surface area contributed by atoms with Gasteiger partial charge in [0, 0.05) is 18.0 Å². The zero-order chi connectivity index (χ0) is 15.8. The second kappa shape index (κ2) is 9.06. The van der Waals surface area contributed by atoms with Crippen molar-refractivity contribution in [2.75, 3.05) is 25.4 Å². The Bertz CT molecular complexity index is 464. The van der Waals surface area contributed by atoms with Gasteiger partial charge in [0.2, 0.25) is 0 Å². The van der Waals surface area contributed by atoms with E-state index in [0.29, 0.717) is 6.54 Å². The van der Waals surface area contributed by atoms with Crippen LogP contribution in [0.2, 0.25) is 0 Å². The molecule has 1 saturated heterocycles. The van der Waals surface area contributed by atoms with Crippen LogP contribution < -0.4 is 5.32 Å². The number of aliphatic hydroxyl groups is 1. The van der Waals surface area contributed by atoms with Gasteiger partial charge in [0.15, 0.2) is 0 Å². The van der Waals surface area contributed by atoms with Gasteiger partial charge in [-0.2, -0.15) is 0 Å². The molecule has 2 N–H and O–H groups in total. The lowest BCUT2D eigenvalue weighted by Crippen LogP contribution is -2.50. The highest BCUT2D eigenvalue weighted by Gasteiger charge is 2.25. The van der Waals surface area contributed by atoms with Crippen LogP contribution in [0.3, 0.4) is 0 Å². The predicted molar refractivity (Wildman–Crippen MR) is 91.3 cm³/mol. The largest absolute Gasteiger partial charge is 0.394 e. The van der Waals surface area contributed by atoms with Crippen molar-refractivity contribution < 1.29 is 9.90 Å². The Labute approximate surface area is 137 Å². The average molecular weight is 322 g/mol. The number of carbonyl (C=O) groups excluding carboxylic acids is 1. The molecule has 0 aromatic heterocycles. The number of carbonyl (C=O) groups is 1. The first-order chi connectivity index (χ1) is 10.7. The number of aryl methyl sites for hydroxylation is 1. The SMILES string of the molecule is Cc1ccc(SCCCNC(=O)N2CCCCC2CO)cc1. The number of nitrogens with zero attached hydrogens (tertiary/aromatic N) is 1. The minimum Gasteiger partial charge on any atom is -0.394 e. The predicted octanol–water partition coefficient (Wildman–Crippen LogP) is 3.03. The lowest BCUT2D eigenvalue weighted by molar-refractivity contribution is 0.108. The average Bonchev–Trinajstić information content (AvgIpc) is 2.56. The van der Waals surface area contributed by atoms with Gasteiger partial charge in [0.05, 0.1) is 12.6 Å². The Kier molecular flexibility index (Phi) is 7.06. The molecule has 1 fully saturated rings. The van der Waals surface area contributed by atoms with E-state index >= 15 is 0 Å². The van der Waals surface area contributed by atoms with Gasteiger partial charge in [0.25, 0.3) is 0 Å². The molecular formula is C17H26N2O2S. The summed E-state index contributed by atoms with van der Waals surface area (Å²) in [6, 6.07) is 8.48. The van der Waals surface area contributed by atoms with Crippen molar-refractivity contribution in [2.24, 2.45) is 0 Å². The molecule has 0 bridgehead atoms. The summed E-state index contributed by atoms with van der Waals surface area (Å²) in [7, 11) is 0. The molecule has 4 nitrogen and oxygen atoms in total. The van der Waals surface area contributed by atoms with Crippen molar-refractivity contribution >= 4 is 17.8 Å². The van der Waals surface area contributed by atoms with Crippen molar-refractivity contribution in [3.63, 3.8) is 0 Å². The minimum absolute atomic E-state index is 0.00400. The molecule has 122 valence electrons. The second-order valence-corrected chi connectivity index (χ2v) is 6.94. The van der Waals surface area contributed by atoms with Crippen LogP contribution >= 0.6 is 11.8 Å². The van der Waals surface area contributed by atoms with Gasteiger partial charge in [-0.15, -0.1) is 11.8 Å². The second-order valence-electron chi connectivity index (χ2n) is 5.77. The van der Waals surface area contributed by atoms with Gasteiger partial charge in [-0.1, -0.05) is 17.7 Å². The first-order valence-electron chi connectivity index (χ1n) is 8.05. The van der Waals surface area contributed by atoms with Gasteiger partial charge in [-0.3, -0.25) is 0 Å². The smallest absolute Gasteiger partial charge is 0.317 e. The molecule has 0 saturated carbocycles. The third-order valence-electron chi connectivity index (χ3n) is 3.99. The van der Waals surface area contributed by atoms with Crippen LogP contribution in [-0.2, 0) is 0 Å². The quantitative estimate of drug-likeness (QED) is 0.625. The van der Waals surface area contributed by atoms with Crippen LogP contribution in [-0.4, -0.2) is 47.5 Å². The zero-order valence-electron chi connectivity index (χ0n) is 13.3. The number of likely N-dealkylation sites (tertiary alicyclic amines) is 1. The molecule has 1 atom stereocenters. The highest BCUT2D eigenvalue weighted by molar-refractivity contribution is 7.99. The van der Waals surface area contributed by atoms with Gasteiger partial charge in [0.1, 0.15) is 0 Å². The molecule has 0 aliphatic carbocycles. The van der Waals surface area contributed by atoms with E-state index < -0.39 is 0 Å². The number of amides is 2. The molecule has 2 rings (SSSR count). The van der Waals surface area contributed by atoms with Crippen molar-refractivity contribution in [1.82, 2.24) is 10.2 Å². The number of rotatable bonds is 6. The molecule has 0 radical (unpaired) electrons. The Hall–Kier alpha value is -1.20. The summed E-state index contributed by atoms with van der Waals surface area (Å²) >= 11 is 1.82. The zero-order valence-corrected chi connectivity index (χ0v) is 14.1. The van der Waals surface area contributed by atoms with Crippen LogP contribution in [0.5, 0.6) is 0 Å². The van der Waals surface area contributed by atoms with E-state index in [9.17, 15) is 9.90 Å². The standard InChI is InChI=1S/C17H26N2O2S/c1-14-6-8-16(9-7-14)22-12-4-10-18-17(21)19-11-3-2-5-15(19)13-20/h6-9,15,20H,2-5,10-13H2,1H3,(H,18,21). The van der Waals surface area contributed by atoms with Crippen LogP contribution in [0.15, 0.2) is 29.2 Å². The summed E-state index contributed by atoms with van der Waals surface area (Å²) in [6.45, 7) is 3.60. The summed E-state index contributed by atoms with van der Waals surface area (Å²) in [5.74, 6) is 0.993. The van der Waals surface area contributed by atoms with E-state index in [1.54, 1.807) is 4.90 Å². The maximum absolute atomic E-state index is 12.1. The molecule has 2 amide bonds. The number of aliphatic hydroxyl groups excluding tert-OH is 1. The Morgan fingerprint density at radius 1 is 1.36 bits per heavy atom. The van der Waals surface area contributed by atoms with Gasteiger partial charge in [-0.05, 0) is 50.5 Å². The molecule has 0 spiro atoms. The fraction of sp³-hybridized carbons (Fsp3) is 0.588. The van der Waals surface area contributed by atoms with Gasteiger partial charge in [-0.25, -0.2) is 4.79 Å². The van der Waals surface area contributed by atoms with Crippen molar-refractivity contribution in [1.29, 1.82) is 0 Å². The molecule has 1 aliphatic heterocycles. The number of hydrogen-bond donors (Lipinski definition) is 2. The molecule has 1 aromatic carbocycles. The molecule has 5 heteroatoms. The lowest BCUT2D eigenvalue weighted by atomic mass is 10.0. The normalized spacial score (nSPS) is 18.3. The highest BCUT2D eigenvalue weighted by Crippen LogP contribution is 2.19. The van der Waals surface area contributed by atoms with Crippen molar-refractivity contribution in [2.45, 2.75) is 43.5 Å². The summed E-state index contributed by atoms with van der Waals surface area (Å²) in [4.78, 5) is 15.2. The Morgan fingerprint density at radius 2 is 2.14 bits per heavy atom. The van der Waals surface area contributed by atoms with E-state index in [1.165, 1.54) is 10.5 Å². The maximum atomic E-state index is 12.1. The molecule has 1 aliphatic rings. The molecule has 1 heterocycles. The number of nitrogens with one attached hydrogen (secondary N) is 1. The lowest BCUT2D eigenvalue weighted by Gasteiger charge is -2.34. The number of piperidine rings is 1. The first-order valence-corrected chi connectivity index (χ1v) is 9.04. The first kappa shape index (κ1) is 17.2. The fourth-order valence-electron chi connectivity index (χ4n) is 2.65. The monoisotopic (exact) mass is 322 g/mol. The number of hydrogen-bond acceptors (Lipinski definition) is 3. The van der Waals surface area contributed by atoms with Crippen molar-refractivity contribution in [3.8, 4) is 0 Å². The molecule has 1 aromatic rings. The maximum Gasteiger partial charge on any atom is 0.317 e. The highest BCUT2D eigenvalue weighted by atomic mass is 32.2. The Morgan fingerprint density at radius 3 is 2.86 bits per heavy atom. The van der Waals surface area contributed by atoms with E-state index in [1.807, 2.05) is 11.8 Å². The van der Waals surface area contributed by atoms with Crippen LogP contribution in [0.25, 0.3) is 0 Å². The summed E-state index contributed by atoms with van der Waals surface area (Å²) < 4.78 is 0. The van der Waals surface area contributed by atoms with Gasteiger partial charge < -0.3 is 15.3 Å². The van der Waals surface area contributed by atoms with Crippen LogP contribution in [0.4, 0.5) is 4.79 Å². The van der Waals surface area contributed by atoms with Crippen molar-refractivity contribution in [3.05, 3.63) is 29.8 Å². The van der Waals surface area contributed by atoms with E-state index in [-0.39, 0.29) is 18.7 Å². The van der Waals surface area contributed by atoms with E-state index in [0.717, 1.165) is 38.0 Å². The minimum atomic E-state index is -0.0286. The third kappa shape index (κ3) is 5.21. The van der Waals surface area contributed by atoms with Crippen LogP contribution in [0, 0.1) is 6.92 Å². The van der Waals surface area contributed by atoms with E-state index in [2.05, 4.69) is 36.5 Å². The van der Waals surface area contributed by atoms with Crippen LogP contribution in [0.1, 0.15) is 31.2 Å². The Balaban J connectivity index is 1.63. The van der Waals surface area contributed by atoms with Gasteiger partial charge >= 0.3 is 6.03 Å². The topological polar surface area (TPSA) is 52.6 Å². The number of thioether (sulfide) groups is 1. The summed E-state index contributed by atoms with van der Waals surface area (Å²) in [5.41, 5.74) is 1.27. The van der Waals surface area contributed by atoms with E-state index in [4.69, 9.17) is 0 Å². The molecule has 1 unspecified atom stereocenters. The molecular weight excluding hydrogens is 296 g/mol. The summed E-state index contributed by atoms with van der Waals surface area (Å²) in [6.07, 6.45) is 3.99. The molecule has 22 heavy (non-hydrogen) atoms. The summed E-state index contributed by atoms with van der Waals surface area (Å²) in [5, 5.41) is 12.3.